The van der Waals surface area contributed by atoms with Crippen molar-refractivity contribution in [1.82, 2.24) is 10.2 Å². The van der Waals surface area contributed by atoms with Crippen molar-refractivity contribution in [3.8, 4) is 0 Å². The van der Waals surface area contributed by atoms with Gasteiger partial charge in [0.15, 0.2) is 11.5 Å². The van der Waals surface area contributed by atoms with E-state index >= 15 is 0 Å². The molecule has 1 aliphatic heterocycles. The molecule has 1 saturated heterocycles. The topological polar surface area (TPSA) is 99.0 Å². The Labute approximate surface area is 187 Å². The van der Waals surface area contributed by atoms with Crippen LogP contribution in [0, 0.1) is 11.7 Å². The number of nitrogens with one attached hydrogen (secondary N) is 2. The number of hydrogen-bond donors (Lipinski definition) is 2. The van der Waals surface area contributed by atoms with E-state index in [2.05, 4.69) is 15.5 Å². The smallest absolute Gasteiger partial charge is 0.354 e. The zero-order valence-electron chi connectivity index (χ0n) is 17.8. The lowest BCUT2D eigenvalue weighted by Gasteiger charge is -2.25. The summed E-state index contributed by atoms with van der Waals surface area (Å²) < 4.78 is 87.6. The van der Waals surface area contributed by atoms with Crippen molar-refractivity contribution in [3.63, 3.8) is 0 Å². The maximum atomic E-state index is 13.8. The van der Waals surface area contributed by atoms with Crippen molar-refractivity contribution in [3.05, 3.63) is 41.1 Å². The van der Waals surface area contributed by atoms with E-state index in [0.29, 0.717) is 0 Å². The van der Waals surface area contributed by atoms with Gasteiger partial charge in [0.2, 0.25) is 5.92 Å². The van der Waals surface area contributed by atoms with Crippen LogP contribution in [0.3, 0.4) is 0 Å². The molecule has 2 aromatic rings. The summed E-state index contributed by atoms with van der Waals surface area (Å²) in [5, 5.41) is 9.30. The monoisotopic (exact) mass is 491 g/mol. The summed E-state index contributed by atoms with van der Waals surface area (Å²) in [6.45, 7) is 0.933. The van der Waals surface area contributed by atoms with Gasteiger partial charge in [0, 0.05) is 42.8 Å². The maximum Gasteiger partial charge on any atom is 0.435 e. The quantitative estimate of drug-likeness (QED) is 0.604. The molecule has 180 valence electrons. The van der Waals surface area contributed by atoms with Gasteiger partial charge in [-0.2, -0.15) is 13.2 Å². The second-order valence-corrected chi connectivity index (χ2v) is 10.1. The van der Waals surface area contributed by atoms with Crippen molar-refractivity contribution in [2.24, 2.45) is 0 Å². The third-order valence-corrected chi connectivity index (χ3v) is 6.41. The summed E-state index contributed by atoms with van der Waals surface area (Å²) in [6, 6.07) is 5.58. The number of carbonyl (C=O) groups is 1. The van der Waals surface area contributed by atoms with Gasteiger partial charge in [-0.25, -0.2) is 17.8 Å². The number of benzene rings is 1. The highest BCUT2D eigenvalue weighted by Crippen LogP contribution is 2.36. The fourth-order valence-corrected chi connectivity index (χ4v) is 4.25. The first kappa shape index (κ1) is 24.8. The molecule has 7 nitrogen and oxygen atoms in total. The maximum absolute atomic E-state index is 13.8. The summed E-state index contributed by atoms with van der Waals surface area (Å²) in [5.74, 6) is -4.09. The van der Waals surface area contributed by atoms with E-state index in [-0.39, 0.29) is 42.3 Å². The van der Waals surface area contributed by atoms with Gasteiger partial charge in [-0.1, -0.05) is 6.07 Å². The second kappa shape index (κ2) is 8.84. The van der Waals surface area contributed by atoms with Gasteiger partial charge in [0.05, 0.1) is 15.3 Å². The van der Waals surface area contributed by atoms with Gasteiger partial charge >= 0.3 is 6.18 Å². The Balaban J connectivity index is 2.05. The zero-order valence-corrected chi connectivity index (χ0v) is 18.6. The van der Waals surface area contributed by atoms with E-state index in [1.165, 1.54) is 35.4 Å². The molecule has 13 heteroatoms. The molecule has 1 atom stereocenters. The summed E-state index contributed by atoms with van der Waals surface area (Å²) in [7, 11) is -3.10. The van der Waals surface area contributed by atoms with Gasteiger partial charge in [0.1, 0.15) is 0 Å². The normalized spacial score (nSPS) is 18.3. The van der Waals surface area contributed by atoms with Crippen LogP contribution in [-0.2, 0) is 15.9 Å². The third-order valence-electron chi connectivity index (χ3n) is 5.25. The molecule has 3 rings (SSSR count). The largest absolute Gasteiger partial charge is 0.435 e. The molecular weight excluding hydrogens is 469 g/mol. The van der Waals surface area contributed by atoms with E-state index in [4.69, 9.17) is 4.78 Å². The van der Waals surface area contributed by atoms with Crippen molar-refractivity contribution in [2.45, 2.75) is 43.2 Å². The third kappa shape index (κ3) is 5.75. The van der Waals surface area contributed by atoms with E-state index in [0.717, 1.165) is 6.92 Å². The van der Waals surface area contributed by atoms with Gasteiger partial charge in [-0.15, -0.1) is 10.2 Å². The number of halogens is 5. The van der Waals surface area contributed by atoms with Crippen LogP contribution in [0.5, 0.6) is 0 Å². The highest BCUT2D eigenvalue weighted by Gasteiger charge is 2.39. The number of hydrogen-bond acceptors (Lipinski definition) is 6. The van der Waals surface area contributed by atoms with E-state index in [9.17, 15) is 31.0 Å². The van der Waals surface area contributed by atoms with Gasteiger partial charge in [0.25, 0.3) is 5.91 Å². The van der Waals surface area contributed by atoms with Gasteiger partial charge < -0.3 is 10.2 Å². The Morgan fingerprint density at radius 1 is 1.21 bits per heavy atom. The summed E-state index contributed by atoms with van der Waals surface area (Å²) in [5.41, 5.74) is -2.17. The molecule has 1 aromatic heterocycles. The molecule has 1 amide bonds. The van der Waals surface area contributed by atoms with Crippen molar-refractivity contribution in [2.75, 3.05) is 29.6 Å². The first-order chi connectivity index (χ1) is 15.2. The highest BCUT2D eigenvalue weighted by atomic mass is 32.2. The number of anilines is 2. The molecule has 33 heavy (non-hydrogen) atoms. The summed E-state index contributed by atoms with van der Waals surface area (Å²) in [4.78, 5) is 14.6. The molecule has 0 aliphatic carbocycles. The fourth-order valence-electron chi connectivity index (χ4n) is 3.56. The number of alkyl halides is 5. The minimum absolute atomic E-state index is 0.0617. The highest BCUT2D eigenvalue weighted by molar-refractivity contribution is 7.91. The van der Waals surface area contributed by atoms with Crippen LogP contribution >= 0.6 is 0 Å². The lowest BCUT2D eigenvalue weighted by atomic mass is 10.1. The van der Waals surface area contributed by atoms with E-state index < -0.39 is 51.0 Å². The lowest BCUT2D eigenvalue weighted by Crippen LogP contribution is -2.31. The van der Waals surface area contributed by atoms with Crippen LogP contribution in [0.4, 0.5) is 33.5 Å². The number of amides is 1. The number of aromatic nitrogens is 2. The summed E-state index contributed by atoms with van der Waals surface area (Å²) in [6.07, 6.45) is -4.55. The van der Waals surface area contributed by atoms with Crippen molar-refractivity contribution < 1.29 is 31.0 Å². The Bertz CT molecular complexity index is 1170. The van der Waals surface area contributed by atoms with Crippen LogP contribution in [-0.4, -0.2) is 45.6 Å². The van der Waals surface area contributed by atoms with Crippen LogP contribution in [0.25, 0.3) is 0 Å². The van der Waals surface area contributed by atoms with Crippen LogP contribution < -0.4 is 10.2 Å². The first-order valence-electron chi connectivity index (χ1n) is 9.91. The predicted molar refractivity (Wildman–Crippen MR) is 112 cm³/mol. The van der Waals surface area contributed by atoms with Crippen molar-refractivity contribution >= 4 is 27.1 Å². The molecule has 0 unspecified atom stereocenters. The predicted octanol–water partition coefficient (Wildman–Crippen LogP) is 4.72. The SMILES string of the molecule is Cc1c(C(F)(F)F)nnc(N2CCCC(F)(F)CC2)c1C(=O)Nc1cccc([S@@](C)(=N)=O)c1. The molecular formula is C20H22F5N5O2S. The zero-order chi connectivity index (χ0) is 24.6. The van der Waals surface area contributed by atoms with E-state index in [1.807, 2.05) is 0 Å². The molecule has 0 bridgehead atoms. The molecule has 0 spiro atoms. The van der Waals surface area contributed by atoms with Crippen LogP contribution in [0.2, 0.25) is 0 Å². The molecule has 1 fully saturated rings. The average Bonchev–Trinajstić information content (AvgIpc) is 2.86. The molecule has 2 heterocycles. The molecule has 1 aromatic carbocycles. The minimum atomic E-state index is -4.88. The number of nitrogens with zero attached hydrogens (tertiary/aromatic N) is 3. The Kier molecular flexibility index (Phi) is 6.65. The number of carbonyl (C=O) groups excluding carboxylic acids is 1. The summed E-state index contributed by atoms with van der Waals surface area (Å²) >= 11 is 0. The van der Waals surface area contributed by atoms with Gasteiger partial charge in [-0.3, -0.25) is 4.79 Å². The number of rotatable bonds is 4. The Hall–Kier alpha value is -2.83. The Morgan fingerprint density at radius 2 is 1.91 bits per heavy atom. The first-order valence-corrected chi connectivity index (χ1v) is 11.9. The van der Waals surface area contributed by atoms with Crippen LogP contribution in [0.1, 0.15) is 40.9 Å². The molecule has 1 aliphatic rings. The Morgan fingerprint density at radius 3 is 2.55 bits per heavy atom. The fraction of sp³-hybridized carbons (Fsp3) is 0.450. The van der Waals surface area contributed by atoms with E-state index in [1.54, 1.807) is 0 Å². The minimum Gasteiger partial charge on any atom is -0.354 e. The molecule has 0 saturated carbocycles. The molecule has 2 N–H and O–H groups in total. The lowest BCUT2D eigenvalue weighted by molar-refractivity contribution is -0.142. The molecule has 0 radical (unpaired) electrons. The van der Waals surface area contributed by atoms with Crippen molar-refractivity contribution in [1.29, 1.82) is 4.78 Å². The second-order valence-electron chi connectivity index (χ2n) is 7.89. The standard InChI is InChI=1S/C20H22F5N5O2S/c1-12-15(18(31)27-13-5-3-6-14(11-13)33(2,26)32)17(29-28-16(12)20(23,24)25)30-9-4-7-19(21,22)8-10-30/h3,5-6,11,26H,4,7-10H2,1-2H3,(H,27,31)/t33-/m0/s1. The van der Waals surface area contributed by atoms with Crippen LogP contribution in [0.15, 0.2) is 29.2 Å². The van der Waals surface area contributed by atoms with Gasteiger partial charge in [-0.05, 0) is 37.1 Å². The average molecular weight is 491 g/mol.